The Balaban J connectivity index is 1.79. The molecule has 0 atom stereocenters. The monoisotopic (exact) mass is 402 g/mol. The molecule has 2 heterocycles. The minimum atomic E-state index is 0.0842. The summed E-state index contributed by atoms with van der Waals surface area (Å²) < 4.78 is 5.42. The maximum absolute atomic E-state index is 12.3. The predicted octanol–water partition coefficient (Wildman–Crippen LogP) is 2.41. The van der Waals surface area contributed by atoms with Crippen LogP contribution in [0.3, 0.4) is 0 Å². The number of amides is 1. The van der Waals surface area contributed by atoms with Crippen molar-refractivity contribution in [1.82, 2.24) is 19.9 Å². The smallest absolute Gasteiger partial charge is 0.233 e. The molecule has 28 heavy (non-hydrogen) atoms. The van der Waals surface area contributed by atoms with Crippen LogP contribution in [0.2, 0.25) is 0 Å². The molecule has 0 saturated carbocycles. The molecule has 1 aromatic heterocycles. The summed E-state index contributed by atoms with van der Waals surface area (Å²) in [5.74, 6) is 1.47. The third-order valence-corrected chi connectivity index (χ3v) is 5.20. The number of carbonyl (C=O) groups excluding carboxylic acids is 1. The highest BCUT2D eigenvalue weighted by atomic mass is 32.2. The van der Waals surface area contributed by atoms with Crippen molar-refractivity contribution in [2.24, 2.45) is 0 Å². The minimum absolute atomic E-state index is 0.0842. The molecule has 0 unspecified atom stereocenters. The summed E-state index contributed by atoms with van der Waals surface area (Å²) in [6, 6.07) is 9.76. The van der Waals surface area contributed by atoms with Crippen molar-refractivity contribution < 1.29 is 9.53 Å². The van der Waals surface area contributed by atoms with Crippen LogP contribution >= 0.6 is 11.8 Å². The summed E-state index contributed by atoms with van der Waals surface area (Å²) in [7, 11) is 0. The fourth-order valence-electron chi connectivity index (χ4n) is 2.82. The van der Waals surface area contributed by atoms with Crippen LogP contribution in [-0.2, 0) is 9.53 Å². The maximum atomic E-state index is 12.3. The third-order valence-electron chi connectivity index (χ3n) is 4.37. The van der Waals surface area contributed by atoms with Crippen LogP contribution in [-0.4, -0.2) is 70.9 Å². The van der Waals surface area contributed by atoms with Gasteiger partial charge in [-0.15, -0.1) is 0 Å². The Morgan fingerprint density at radius 1 is 1.14 bits per heavy atom. The maximum Gasteiger partial charge on any atom is 0.233 e. The van der Waals surface area contributed by atoms with Gasteiger partial charge in [0.2, 0.25) is 17.8 Å². The molecule has 150 valence electrons. The molecule has 2 aromatic rings. The van der Waals surface area contributed by atoms with Crippen LogP contribution in [0, 0.1) is 0 Å². The van der Waals surface area contributed by atoms with Crippen molar-refractivity contribution in [2.75, 3.05) is 55.4 Å². The van der Waals surface area contributed by atoms with Crippen molar-refractivity contribution >= 4 is 35.3 Å². The lowest BCUT2D eigenvalue weighted by Gasteiger charge is -2.27. The van der Waals surface area contributed by atoms with Gasteiger partial charge < -0.3 is 19.9 Å². The molecule has 0 radical (unpaired) electrons. The van der Waals surface area contributed by atoms with Gasteiger partial charge in [0.25, 0.3) is 0 Å². The second kappa shape index (κ2) is 10.2. The number of para-hydroxylation sites is 1. The van der Waals surface area contributed by atoms with E-state index in [1.165, 1.54) is 11.8 Å². The average molecular weight is 403 g/mol. The number of carbonyl (C=O) groups is 1. The lowest BCUT2D eigenvalue weighted by atomic mass is 10.3. The molecule has 1 fully saturated rings. The summed E-state index contributed by atoms with van der Waals surface area (Å²) in [6.45, 7) is 8.13. The van der Waals surface area contributed by atoms with E-state index in [9.17, 15) is 4.79 Å². The van der Waals surface area contributed by atoms with Crippen LogP contribution in [0.4, 0.5) is 17.6 Å². The van der Waals surface area contributed by atoms with E-state index in [4.69, 9.17) is 4.74 Å². The quantitative estimate of drug-likeness (QED) is 0.674. The molecule has 1 aromatic carbocycles. The number of hydrogen-bond acceptors (Lipinski definition) is 8. The SMILES string of the molecule is CCN(CC)C(=O)CSc1nc(Nc2ccccc2)nc(N2CCOCC2)n1. The van der Waals surface area contributed by atoms with Gasteiger partial charge in [0, 0.05) is 31.9 Å². The summed E-state index contributed by atoms with van der Waals surface area (Å²) >= 11 is 1.34. The van der Waals surface area contributed by atoms with E-state index < -0.39 is 0 Å². The normalized spacial score (nSPS) is 14.0. The van der Waals surface area contributed by atoms with Crippen LogP contribution in [0.5, 0.6) is 0 Å². The highest BCUT2D eigenvalue weighted by Crippen LogP contribution is 2.22. The van der Waals surface area contributed by atoms with Gasteiger partial charge in [-0.1, -0.05) is 30.0 Å². The van der Waals surface area contributed by atoms with Gasteiger partial charge in [0.15, 0.2) is 5.16 Å². The second-order valence-corrected chi connectivity index (χ2v) is 7.13. The number of rotatable bonds is 8. The Bertz CT molecular complexity index is 766. The van der Waals surface area contributed by atoms with Gasteiger partial charge in [-0.05, 0) is 26.0 Å². The average Bonchev–Trinajstić information content (AvgIpc) is 2.74. The van der Waals surface area contributed by atoms with Crippen LogP contribution < -0.4 is 10.2 Å². The molecule has 1 amide bonds. The van der Waals surface area contributed by atoms with Gasteiger partial charge in [-0.3, -0.25) is 4.79 Å². The molecule has 0 aliphatic carbocycles. The Morgan fingerprint density at radius 2 is 1.86 bits per heavy atom. The first kappa shape index (κ1) is 20.3. The molecule has 0 bridgehead atoms. The Kier molecular flexibility index (Phi) is 7.44. The fraction of sp³-hybridized carbons (Fsp3) is 0.474. The van der Waals surface area contributed by atoms with Crippen molar-refractivity contribution in [3.05, 3.63) is 30.3 Å². The number of ether oxygens (including phenoxy) is 1. The summed E-state index contributed by atoms with van der Waals surface area (Å²) in [4.78, 5) is 29.9. The standard InChI is InChI=1S/C19H26N6O2S/c1-3-24(4-2)16(26)14-28-19-22-17(20-15-8-6-5-7-9-15)21-18(23-19)25-10-12-27-13-11-25/h5-9H,3-4,10-14H2,1-2H3,(H,20,21,22,23). The van der Waals surface area contributed by atoms with E-state index >= 15 is 0 Å². The molecular weight excluding hydrogens is 376 g/mol. The number of morpholine rings is 1. The van der Waals surface area contributed by atoms with Crippen LogP contribution in [0.1, 0.15) is 13.8 Å². The van der Waals surface area contributed by atoms with E-state index in [0.29, 0.717) is 49.1 Å². The number of anilines is 3. The highest BCUT2D eigenvalue weighted by molar-refractivity contribution is 7.99. The first-order chi connectivity index (χ1) is 13.7. The van der Waals surface area contributed by atoms with Gasteiger partial charge >= 0.3 is 0 Å². The van der Waals surface area contributed by atoms with E-state index in [1.54, 1.807) is 4.90 Å². The molecule has 1 aliphatic heterocycles. The minimum Gasteiger partial charge on any atom is -0.378 e. The van der Waals surface area contributed by atoms with Crippen molar-refractivity contribution in [3.8, 4) is 0 Å². The summed E-state index contributed by atoms with van der Waals surface area (Å²) in [5.41, 5.74) is 0.900. The summed E-state index contributed by atoms with van der Waals surface area (Å²) in [5, 5.41) is 3.77. The zero-order valence-corrected chi connectivity index (χ0v) is 17.1. The zero-order valence-electron chi connectivity index (χ0n) is 16.3. The molecule has 1 N–H and O–H groups in total. The van der Waals surface area contributed by atoms with Crippen molar-refractivity contribution in [1.29, 1.82) is 0 Å². The number of aromatic nitrogens is 3. The van der Waals surface area contributed by atoms with E-state index in [0.717, 1.165) is 18.8 Å². The van der Waals surface area contributed by atoms with Gasteiger partial charge in [0.05, 0.1) is 19.0 Å². The van der Waals surface area contributed by atoms with E-state index in [-0.39, 0.29) is 5.91 Å². The molecule has 1 saturated heterocycles. The molecule has 3 rings (SSSR count). The molecule has 1 aliphatic rings. The largest absolute Gasteiger partial charge is 0.378 e. The number of nitrogens with one attached hydrogen (secondary N) is 1. The number of nitrogens with zero attached hydrogens (tertiary/aromatic N) is 5. The Morgan fingerprint density at radius 3 is 2.54 bits per heavy atom. The predicted molar refractivity (Wildman–Crippen MR) is 111 cm³/mol. The van der Waals surface area contributed by atoms with Gasteiger partial charge in [-0.2, -0.15) is 15.0 Å². The second-order valence-electron chi connectivity index (χ2n) is 6.19. The summed E-state index contributed by atoms with van der Waals surface area (Å²) in [6.07, 6.45) is 0. The fourth-order valence-corrected chi connectivity index (χ4v) is 3.55. The number of hydrogen-bond donors (Lipinski definition) is 1. The van der Waals surface area contributed by atoms with Crippen molar-refractivity contribution in [2.45, 2.75) is 19.0 Å². The van der Waals surface area contributed by atoms with E-state index in [2.05, 4.69) is 25.2 Å². The van der Waals surface area contributed by atoms with Gasteiger partial charge in [-0.25, -0.2) is 0 Å². The molecule has 8 nitrogen and oxygen atoms in total. The molecular formula is C19H26N6O2S. The Hall–Kier alpha value is -2.39. The number of benzene rings is 1. The van der Waals surface area contributed by atoms with Crippen molar-refractivity contribution in [3.63, 3.8) is 0 Å². The Labute approximate surface area is 169 Å². The topological polar surface area (TPSA) is 83.5 Å². The molecule has 9 heteroatoms. The highest BCUT2D eigenvalue weighted by Gasteiger charge is 2.18. The number of thioether (sulfide) groups is 1. The lowest BCUT2D eigenvalue weighted by molar-refractivity contribution is -0.127. The van der Waals surface area contributed by atoms with E-state index in [1.807, 2.05) is 44.2 Å². The van der Waals surface area contributed by atoms with Crippen LogP contribution in [0.25, 0.3) is 0 Å². The third kappa shape index (κ3) is 5.56. The van der Waals surface area contributed by atoms with Crippen LogP contribution in [0.15, 0.2) is 35.5 Å². The zero-order chi connectivity index (χ0) is 19.8. The lowest BCUT2D eigenvalue weighted by Crippen LogP contribution is -2.37. The van der Waals surface area contributed by atoms with Gasteiger partial charge in [0.1, 0.15) is 0 Å². The first-order valence-corrected chi connectivity index (χ1v) is 10.5. The molecule has 0 spiro atoms. The first-order valence-electron chi connectivity index (χ1n) is 9.51.